The molecule has 0 saturated heterocycles. The maximum absolute atomic E-state index is 10.4. The number of pyridine rings is 1. The molecule has 0 radical (unpaired) electrons. The number of hydrogen-bond acceptors (Lipinski definition) is 6. The number of aromatic nitrogens is 4. The van der Waals surface area contributed by atoms with Crippen LogP contribution in [0.15, 0.2) is 36.8 Å². The van der Waals surface area contributed by atoms with Crippen molar-refractivity contribution >= 4 is 17.6 Å². The highest BCUT2D eigenvalue weighted by atomic mass is 16.5. The van der Waals surface area contributed by atoms with Crippen LogP contribution in [0.2, 0.25) is 0 Å². The van der Waals surface area contributed by atoms with Crippen LogP contribution in [0, 0.1) is 0 Å². The minimum Gasteiger partial charge on any atom is -0.494 e. The molecular weight excluding hydrogens is 312 g/mol. The third kappa shape index (κ3) is 3.19. The number of hydrogen-bond donors (Lipinski definition) is 3. The second-order valence-electron chi connectivity index (χ2n) is 4.87. The van der Waals surface area contributed by atoms with E-state index in [2.05, 4.69) is 25.7 Å². The van der Waals surface area contributed by atoms with Gasteiger partial charge in [0.25, 0.3) is 0 Å². The van der Waals surface area contributed by atoms with Crippen molar-refractivity contribution in [1.82, 2.24) is 24.9 Å². The Morgan fingerprint density at radius 2 is 2.17 bits per heavy atom. The molecule has 0 aliphatic carbocycles. The number of imidazole rings is 1. The van der Waals surface area contributed by atoms with Crippen LogP contribution in [0.1, 0.15) is 0 Å². The van der Waals surface area contributed by atoms with Gasteiger partial charge in [0, 0.05) is 24.8 Å². The van der Waals surface area contributed by atoms with Crippen LogP contribution in [0.3, 0.4) is 0 Å². The zero-order chi connectivity index (χ0) is 16.9. The molecule has 9 heteroatoms. The van der Waals surface area contributed by atoms with E-state index in [4.69, 9.17) is 9.84 Å². The first-order valence-corrected chi connectivity index (χ1v) is 7.23. The molecule has 3 heterocycles. The summed E-state index contributed by atoms with van der Waals surface area (Å²) in [4.78, 5) is 18.8. The van der Waals surface area contributed by atoms with E-state index >= 15 is 0 Å². The standard InChI is InChI=1S/C15H16N6O3/c1-24-12-9-16-5-4-10(12)11-8-19-14-3-2-13(20-21(11)14)17-6-7-18-15(22)23/h2-5,8-9,18H,6-7H2,1H3,(H,17,20)(H,22,23). The fourth-order valence-corrected chi connectivity index (χ4v) is 2.27. The van der Waals surface area contributed by atoms with E-state index in [-0.39, 0.29) is 6.54 Å². The number of nitrogens with zero attached hydrogens (tertiary/aromatic N) is 4. The van der Waals surface area contributed by atoms with E-state index in [0.717, 1.165) is 11.3 Å². The summed E-state index contributed by atoms with van der Waals surface area (Å²) in [5, 5.41) is 18.4. The molecule has 9 nitrogen and oxygen atoms in total. The summed E-state index contributed by atoms with van der Waals surface area (Å²) in [6.45, 7) is 0.706. The average molecular weight is 328 g/mol. The Labute approximate surface area is 137 Å². The third-order valence-electron chi connectivity index (χ3n) is 3.35. The predicted molar refractivity (Wildman–Crippen MR) is 87.3 cm³/mol. The second kappa shape index (κ2) is 6.82. The highest BCUT2D eigenvalue weighted by molar-refractivity contribution is 5.69. The van der Waals surface area contributed by atoms with Gasteiger partial charge in [-0.25, -0.2) is 14.3 Å². The number of anilines is 1. The molecule has 3 rings (SSSR count). The van der Waals surface area contributed by atoms with Gasteiger partial charge in [0.15, 0.2) is 5.65 Å². The molecule has 0 bridgehead atoms. The highest BCUT2D eigenvalue weighted by Gasteiger charge is 2.12. The van der Waals surface area contributed by atoms with Crippen molar-refractivity contribution in [3.63, 3.8) is 0 Å². The van der Waals surface area contributed by atoms with Gasteiger partial charge in [0.05, 0.1) is 25.2 Å². The minimum atomic E-state index is -1.05. The van der Waals surface area contributed by atoms with Crippen molar-refractivity contribution in [1.29, 1.82) is 0 Å². The van der Waals surface area contributed by atoms with Crippen LogP contribution >= 0.6 is 0 Å². The van der Waals surface area contributed by atoms with Gasteiger partial charge in [-0.15, -0.1) is 5.10 Å². The fourth-order valence-electron chi connectivity index (χ4n) is 2.27. The normalized spacial score (nSPS) is 10.5. The first kappa shape index (κ1) is 15.5. The van der Waals surface area contributed by atoms with E-state index in [1.807, 2.05) is 12.1 Å². The molecule has 0 fully saturated rings. The summed E-state index contributed by atoms with van der Waals surface area (Å²) in [5.41, 5.74) is 2.30. The molecule has 24 heavy (non-hydrogen) atoms. The van der Waals surface area contributed by atoms with Crippen molar-refractivity contribution in [2.45, 2.75) is 0 Å². The predicted octanol–water partition coefficient (Wildman–Crippen LogP) is 1.48. The quantitative estimate of drug-likeness (QED) is 0.587. The Balaban J connectivity index is 1.87. The molecule has 3 N–H and O–H groups in total. The molecule has 0 saturated carbocycles. The molecule has 0 aliphatic rings. The Morgan fingerprint density at radius 3 is 2.96 bits per heavy atom. The van der Waals surface area contributed by atoms with Gasteiger partial charge in [-0.1, -0.05) is 0 Å². The SMILES string of the molecule is COc1cnccc1-c1cnc2ccc(NCCNC(=O)O)nn12. The Bertz CT molecular complexity index is 863. The first-order valence-electron chi connectivity index (χ1n) is 7.23. The van der Waals surface area contributed by atoms with Crippen molar-refractivity contribution in [2.75, 3.05) is 25.5 Å². The van der Waals surface area contributed by atoms with Gasteiger partial charge in [-0.2, -0.15) is 0 Å². The molecule has 0 atom stereocenters. The molecule has 0 aliphatic heterocycles. The van der Waals surface area contributed by atoms with Crippen LogP contribution in [-0.2, 0) is 0 Å². The van der Waals surface area contributed by atoms with Crippen LogP contribution in [0.4, 0.5) is 10.6 Å². The largest absolute Gasteiger partial charge is 0.494 e. The molecule has 3 aromatic heterocycles. The first-order chi connectivity index (χ1) is 11.7. The van der Waals surface area contributed by atoms with Gasteiger partial charge in [-0.05, 0) is 18.2 Å². The zero-order valence-electron chi connectivity index (χ0n) is 12.9. The molecule has 1 amide bonds. The summed E-state index contributed by atoms with van der Waals surface area (Å²) >= 11 is 0. The number of carbonyl (C=O) groups is 1. The van der Waals surface area contributed by atoms with Crippen molar-refractivity contribution < 1.29 is 14.6 Å². The number of amides is 1. The lowest BCUT2D eigenvalue weighted by molar-refractivity contribution is 0.195. The van der Waals surface area contributed by atoms with Crippen molar-refractivity contribution in [3.05, 3.63) is 36.8 Å². The number of fused-ring (bicyclic) bond motifs is 1. The van der Waals surface area contributed by atoms with Crippen LogP contribution in [0.25, 0.3) is 16.9 Å². The molecule has 0 spiro atoms. The maximum atomic E-state index is 10.4. The van der Waals surface area contributed by atoms with E-state index in [1.165, 1.54) is 0 Å². The number of carboxylic acid groups (broad SMARTS) is 1. The lowest BCUT2D eigenvalue weighted by Gasteiger charge is -2.09. The Kier molecular flexibility index (Phi) is 4.41. The summed E-state index contributed by atoms with van der Waals surface area (Å²) in [6.07, 6.45) is 3.98. The van der Waals surface area contributed by atoms with Crippen LogP contribution in [-0.4, -0.2) is 51.0 Å². The lowest BCUT2D eigenvalue weighted by Crippen LogP contribution is -2.27. The smallest absolute Gasteiger partial charge is 0.404 e. The van der Waals surface area contributed by atoms with Gasteiger partial charge < -0.3 is 20.5 Å². The summed E-state index contributed by atoms with van der Waals surface area (Å²) in [7, 11) is 1.58. The second-order valence-corrected chi connectivity index (χ2v) is 4.87. The summed E-state index contributed by atoms with van der Waals surface area (Å²) in [5.74, 6) is 1.24. The topological polar surface area (TPSA) is 114 Å². The van der Waals surface area contributed by atoms with Crippen LogP contribution in [0.5, 0.6) is 5.75 Å². The molecule has 0 aromatic carbocycles. The average Bonchev–Trinajstić information content (AvgIpc) is 3.01. The van der Waals surface area contributed by atoms with Crippen molar-refractivity contribution in [3.8, 4) is 17.0 Å². The molecule has 3 aromatic rings. The summed E-state index contributed by atoms with van der Waals surface area (Å²) < 4.78 is 7.04. The Morgan fingerprint density at radius 1 is 1.29 bits per heavy atom. The van der Waals surface area contributed by atoms with Gasteiger partial charge in [-0.3, -0.25) is 4.98 Å². The number of nitrogens with one attached hydrogen (secondary N) is 2. The maximum Gasteiger partial charge on any atom is 0.404 e. The van der Waals surface area contributed by atoms with Crippen molar-refractivity contribution in [2.24, 2.45) is 0 Å². The Hall–Kier alpha value is -3.36. The minimum absolute atomic E-state index is 0.282. The number of ether oxygens (including phenoxy) is 1. The highest BCUT2D eigenvalue weighted by Crippen LogP contribution is 2.28. The van der Waals surface area contributed by atoms with Crippen LogP contribution < -0.4 is 15.4 Å². The van der Waals surface area contributed by atoms with E-state index in [9.17, 15) is 4.79 Å². The van der Waals surface area contributed by atoms with E-state index in [0.29, 0.717) is 23.8 Å². The molecular formula is C15H16N6O3. The number of methoxy groups -OCH3 is 1. The lowest BCUT2D eigenvalue weighted by atomic mass is 10.2. The van der Waals surface area contributed by atoms with Gasteiger partial charge in [0.2, 0.25) is 0 Å². The molecule has 124 valence electrons. The van der Waals surface area contributed by atoms with E-state index < -0.39 is 6.09 Å². The number of rotatable bonds is 6. The van der Waals surface area contributed by atoms with Gasteiger partial charge >= 0.3 is 6.09 Å². The zero-order valence-corrected chi connectivity index (χ0v) is 12.9. The van der Waals surface area contributed by atoms with Gasteiger partial charge in [0.1, 0.15) is 11.6 Å². The summed E-state index contributed by atoms with van der Waals surface area (Å²) in [6, 6.07) is 5.45. The molecule has 0 unspecified atom stereocenters. The third-order valence-corrected chi connectivity index (χ3v) is 3.35. The monoisotopic (exact) mass is 328 g/mol. The fraction of sp³-hybridized carbons (Fsp3) is 0.200. The van der Waals surface area contributed by atoms with E-state index in [1.54, 1.807) is 36.3 Å².